The van der Waals surface area contributed by atoms with E-state index in [2.05, 4.69) is 26.0 Å². The van der Waals surface area contributed by atoms with Gasteiger partial charge < -0.3 is 16.0 Å². The van der Waals surface area contributed by atoms with Gasteiger partial charge in [0.25, 0.3) is 0 Å². The maximum Gasteiger partial charge on any atom is 0.222 e. The van der Waals surface area contributed by atoms with Gasteiger partial charge in [0, 0.05) is 52.0 Å². The topological polar surface area (TPSA) is 83.3 Å². The zero-order chi connectivity index (χ0) is 17.7. The van der Waals surface area contributed by atoms with Gasteiger partial charge in [-0.25, -0.2) is 0 Å². The van der Waals surface area contributed by atoms with Gasteiger partial charge in [0.05, 0.1) is 0 Å². The molecule has 0 aliphatic heterocycles. The molecule has 7 nitrogen and oxygen atoms in total. The predicted octanol–water partition coefficient (Wildman–Crippen LogP) is 1.14. The molecule has 0 bridgehead atoms. The van der Waals surface area contributed by atoms with E-state index in [4.69, 9.17) is 0 Å². The van der Waals surface area contributed by atoms with Gasteiger partial charge in [-0.05, 0) is 18.1 Å². The molecule has 0 aliphatic rings. The van der Waals surface area contributed by atoms with E-state index in [0.29, 0.717) is 25.5 Å². The summed E-state index contributed by atoms with van der Waals surface area (Å²) < 4.78 is 1.90. The van der Waals surface area contributed by atoms with Crippen molar-refractivity contribution in [1.29, 1.82) is 0 Å². The minimum atomic E-state index is 0.0190. The molecule has 0 aliphatic carbocycles. The average Bonchev–Trinajstić information content (AvgIpc) is 3.16. The molecule has 1 heterocycles. The highest BCUT2D eigenvalue weighted by Gasteiger charge is 2.02. The van der Waals surface area contributed by atoms with Crippen molar-refractivity contribution in [2.24, 2.45) is 4.99 Å². The largest absolute Gasteiger partial charge is 0.356 e. The molecule has 134 valence electrons. The van der Waals surface area contributed by atoms with Crippen molar-refractivity contribution in [1.82, 2.24) is 25.7 Å². The lowest BCUT2D eigenvalue weighted by Gasteiger charge is -2.12. The number of carbonyl (C=O) groups excluding carboxylic acids is 1. The number of rotatable bonds is 9. The number of aryl methyl sites for hydroxylation is 1. The summed E-state index contributed by atoms with van der Waals surface area (Å²) in [5, 5.41) is 13.4. The SMILES string of the molecule is CN=C(NCCCn1cccn1)NCCC(=O)NCc1ccccc1. The van der Waals surface area contributed by atoms with Crippen LogP contribution in [0.3, 0.4) is 0 Å². The van der Waals surface area contributed by atoms with Crippen LogP contribution in [0.4, 0.5) is 0 Å². The number of aliphatic imine (C=N–C) groups is 1. The third-order valence-corrected chi connectivity index (χ3v) is 3.62. The average molecular weight is 342 g/mol. The first kappa shape index (κ1) is 18.5. The first-order valence-electron chi connectivity index (χ1n) is 8.50. The molecule has 0 atom stereocenters. The molecule has 1 aromatic heterocycles. The van der Waals surface area contributed by atoms with Crippen LogP contribution in [0.1, 0.15) is 18.4 Å². The molecule has 7 heteroatoms. The number of benzene rings is 1. The minimum Gasteiger partial charge on any atom is -0.356 e. The lowest BCUT2D eigenvalue weighted by Crippen LogP contribution is -2.39. The highest BCUT2D eigenvalue weighted by molar-refractivity contribution is 5.81. The fourth-order valence-corrected chi connectivity index (χ4v) is 2.28. The summed E-state index contributed by atoms with van der Waals surface area (Å²) in [6, 6.07) is 11.8. The number of carbonyl (C=O) groups is 1. The van der Waals surface area contributed by atoms with E-state index < -0.39 is 0 Å². The van der Waals surface area contributed by atoms with Gasteiger partial charge in [-0.3, -0.25) is 14.5 Å². The summed E-state index contributed by atoms with van der Waals surface area (Å²) in [6.07, 6.45) is 5.07. The van der Waals surface area contributed by atoms with E-state index in [1.807, 2.05) is 47.3 Å². The third-order valence-electron chi connectivity index (χ3n) is 3.62. The van der Waals surface area contributed by atoms with Crippen molar-refractivity contribution in [3.05, 3.63) is 54.4 Å². The number of amides is 1. The molecule has 2 aromatic rings. The number of hydrogen-bond donors (Lipinski definition) is 3. The molecule has 25 heavy (non-hydrogen) atoms. The standard InChI is InChI=1S/C18H26N6O/c1-19-18(20-10-5-13-24-14-6-11-23-24)21-12-9-17(25)22-15-16-7-3-2-4-8-16/h2-4,6-8,11,14H,5,9-10,12-13,15H2,1H3,(H,22,25)(H2,19,20,21). The van der Waals surface area contributed by atoms with Gasteiger partial charge in [-0.15, -0.1) is 0 Å². The van der Waals surface area contributed by atoms with Crippen LogP contribution < -0.4 is 16.0 Å². The highest BCUT2D eigenvalue weighted by Crippen LogP contribution is 1.97. The van der Waals surface area contributed by atoms with Gasteiger partial charge in [-0.1, -0.05) is 30.3 Å². The van der Waals surface area contributed by atoms with Gasteiger partial charge in [-0.2, -0.15) is 5.10 Å². The Morgan fingerprint density at radius 1 is 1.12 bits per heavy atom. The van der Waals surface area contributed by atoms with Crippen LogP contribution in [0.25, 0.3) is 0 Å². The number of aromatic nitrogens is 2. The van der Waals surface area contributed by atoms with E-state index >= 15 is 0 Å². The van der Waals surface area contributed by atoms with Gasteiger partial charge >= 0.3 is 0 Å². The molecule has 2 rings (SSSR count). The highest BCUT2D eigenvalue weighted by atomic mass is 16.1. The van der Waals surface area contributed by atoms with Crippen molar-refractivity contribution in [2.45, 2.75) is 25.9 Å². The minimum absolute atomic E-state index is 0.0190. The van der Waals surface area contributed by atoms with Gasteiger partial charge in [0.15, 0.2) is 5.96 Å². The molecule has 0 radical (unpaired) electrons. The van der Waals surface area contributed by atoms with Gasteiger partial charge in [0.1, 0.15) is 0 Å². The Balaban J connectivity index is 1.54. The van der Waals surface area contributed by atoms with Crippen LogP contribution >= 0.6 is 0 Å². The van der Waals surface area contributed by atoms with E-state index in [-0.39, 0.29) is 5.91 Å². The van der Waals surface area contributed by atoms with Crippen molar-refractivity contribution in [3.8, 4) is 0 Å². The Labute approximate surface area is 148 Å². The summed E-state index contributed by atoms with van der Waals surface area (Å²) in [5.74, 6) is 0.724. The van der Waals surface area contributed by atoms with E-state index in [9.17, 15) is 4.79 Å². The van der Waals surface area contributed by atoms with Crippen LogP contribution in [-0.4, -0.2) is 41.8 Å². The van der Waals surface area contributed by atoms with Crippen LogP contribution in [0.2, 0.25) is 0 Å². The first-order chi connectivity index (χ1) is 12.3. The molecular formula is C18H26N6O. The lowest BCUT2D eigenvalue weighted by atomic mass is 10.2. The zero-order valence-electron chi connectivity index (χ0n) is 14.6. The summed E-state index contributed by atoms with van der Waals surface area (Å²) >= 11 is 0. The number of hydrogen-bond acceptors (Lipinski definition) is 3. The quantitative estimate of drug-likeness (QED) is 0.363. The van der Waals surface area contributed by atoms with Crippen molar-refractivity contribution >= 4 is 11.9 Å². The Bertz CT molecular complexity index is 639. The van der Waals surface area contributed by atoms with Crippen molar-refractivity contribution in [3.63, 3.8) is 0 Å². The van der Waals surface area contributed by atoms with E-state index in [0.717, 1.165) is 25.1 Å². The molecule has 1 amide bonds. The molecule has 0 saturated heterocycles. The smallest absolute Gasteiger partial charge is 0.222 e. The summed E-state index contributed by atoms with van der Waals surface area (Å²) in [6.45, 7) is 2.75. The Hall–Kier alpha value is -2.83. The van der Waals surface area contributed by atoms with E-state index in [1.54, 1.807) is 13.2 Å². The number of guanidine groups is 1. The normalized spacial score (nSPS) is 11.2. The fourth-order valence-electron chi connectivity index (χ4n) is 2.28. The van der Waals surface area contributed by atoms with Crippen LogP contribution in [0, 0.1) is 0 Å². The van der Waals surface area contributed by atoms with Crippen LogP contribution in [0.15, 0.2) is 53.8 Å². The maximum atomic E-state index is 11.9. The van der Waals surface area contributed by atoms with Crippen LogP contribution in [-0.2, 0) is 17.9 Å². The number of nitrogens with zero attached hydrogens (tertiary/aromatic N) is 3. The lowest BCUT2D eigenvalue weighted by molar-refractivity contribution is -0.121. The summed E-state index contributed by atoms with van der Waals surface area (Å²) in [7, 11) is 1.72. The second-order valence-electron chi connectivity index (χ2n) is 5.56. The second kappa shape index (κ2) is 10.9. The second-order valence-corrected chi connectivity index (χ2v) is 5.56. The van der Waals surface area contributed by atoms with E-state index in [1.165, 1.54) is 0 Å². The zero-order valence-corrected chi connectivity index (χ0v) is 14.6. The Kier molecular flexibility index (Phi) is 8.03. The summed E-state index contributed by atoms with van der Waals surface area (Å²) in [5.41, 5.74) is 1.10. The molecule has 0 fully saturated rings. The monoisotopic (exact) mass is 342 g/mol. The summed E-state index contributed by atoms with van der Waals surface area (Å²) in [4.78, 5) is 16.0. The Morgan fingerprint density at radius 3 is 2.64 bits per heavy atom. The maximum absolute atomic E-state index is 11.9. The molecule has 1 aromatic carbocycles. The number of nitrogens with one attached hydrogen (secondary N) is 3. The van der Waals surface area contributed by atoms with Gasteiger partial charge in [0.2, 0.25) is 5.91 Å². The predicted molar refractivity (Wildman–Crippen MR) is 99.1 cm³/mol. The fraction of sp³-hybridized carbons (Fsp3) is 0.389. The van der Waals surface area contributed by atoms with Crippen molar-refractivity contribution in [2.75, 3.05) is 20.1 Å². The first-order valence-corrected chi connectivity index (χ1v) is 8.50. The Morgan fingerprint density at radius 2 is 1.92 bits per heavy atom. The molecule has 0 spiro atoms. The third kappa shape index (κ3) is 7.52. The molecule has 3 N–H and O–H groups in total. The molecule has 0 unspecified atom stereocenters. The molecule has 0 saturated carbocycles. The molecular weight excluding hydrogens is 316 g/mol. The van der Waals surface area contributed by atoms with Crippen molar-refractivity contribution < 1.29 is 4.79 Å². The van der Waals surface area contributed by atoms with Crippen LogP contribution in [0.5, 0.6) is 0 Å².